The average Bonchev–Trinajstić information content (AvgIpc) is 2.16. The number of hydrogen-bond donors (Lipinski definition) is 1. The predicted octanol–water partition coefficient (Wildman–Crippen LogP) is 1.78. The number of methoxy groups -OCH3 is 1. The van der Waals surface area contributed by atoms with E-state index in [4.69, 9.17) is 5.73 Å². The van der Waals surface area contributed by atoms with Crippen LogP contribution in [0.1, 0.15) is 10.4 Å². The number of nitrogens with two attached hydrogens (primary N) is 1. The second-order valence-corrected chi connectivity index (χ2v) is 3.30. The molecule has 70 valence electrons. The number of ether oxygens (including phenoxy) is 1. The minimum atomic E-state index is -0.350. The van der Waals surface area contributed by atoms with Crippen molar-refractivity contribution in [2.24, 2.45) is 0 Å². The third-order valence-electron chi connectivity index (χ3n) is 1.63. The van der Waals surface area contributed by atoms with Gasteiger partial charge in [0.15, 0.2) is 0 Å². The number of rotatable bonds is 2. The molecule has 0 amide bonds. The number of anilines is 1. The normalized spacial score (nSPS) is 9.69. The van der Waals surface area contributed by atoms with Crippen molar-refractivity contribution >= 4 is 23.4 Å². The van der Waals surface area contributed by atoms with E-state index >= 15 is 0 Å². The minimum Gasteiger partial charge on any atom is -0.465 e. The molecule has 3 nitrogen and oxygen atoms in total. The molecule has 0 spiro atoms. The van der Waals surface area contributed by atoms with Gasteiger partial charge < -0.3 is 10.5 Å². The van der Waals surface area contributed by atoms with Gasteiger partial charge in [-0.25, -0.2) is 4.79 Å². The van der Waals surface area contributed by atoms with Crippen LogP contribution < -0.4 is 5.73 Å². The molecular formula is C9H11NO2S. The smallest absolute Gasteiger partial charge is 0.339 e. The summed E-state index contributed by atoms with van der Waals surface area (Å²) in [5, 5.41) is 0. The molecule has 0 atom stereocenters. The first-order valence-electron chi connectivity index (χ1n) is 3.71. The Morgan fingerprint density at radius 3 is 2.77 bits per heavy atom. The number of nitrogen functional groups attached to an aromatic ring is 1. The molecular weight excluding hydrogens is 186 g/mol. The fourth-order valence-corrected chi connectivity index (χ4v) is 1.56. The van der Waals surface area contributed by atoms with Crippen molar-refractivity contribution in [1.29, 1.82) is 0 Å². The van der Waals surface area contributed by atoms with Crippen LogP contribution >= 0.6 is 11.8 Å². The Hall–Kier alpha value is -1.16. The van der Waals surface area contributed by atoms with E-state index in [0.717, 1.165) is 4.90 Å². The van der Waals surface area contributed by atoms with Crippen molar-refractivity contribution in [2.45, 2.75) is 4.90 Å². The zero-order chi connectivity index (χ0) is 9.84. The van der Waals surface area contributed by atoms with Crippen molar-refractivity contribution in [2.75, 3.05) is 19.1 Å². The Morgan fingerprint density at radius 2 is 2.23 bits per heavy atom. The second-order valence-electron chi connectivity index (χ2n) is 2.45. The highest BCUT2D eigenvalue weighted by Crippen LogP contribution is 2.23. The maximum Gasteiger partial charge on any atom is 0.339 e. The molecule has 1 rings (SSSR count). The van der Waals surface area contributed by atoms with E-state index in [1.165, 1.54) is 18.9 Å². The second kappa shape index (κ2) is 4.18. The molecule has 0 aliphatic rings. The average molecular weight is 197 g/mol. The Kier molecular flexibility index (Phi) is 3.19. The van der Waals surface area contributed by atoms with Gasteiger partial charge in [0, 0.05) is 10.6 Å². The van der Waals surface area contributed by atoms with Crippen LogP contribution in [0.4, 0.5) is 5.69 Å². The molecule has 1 aromatic rings. The quantitative estimate of drug-likeness (QED) is 0.446. The summed E-state index contributed by atoms with van der Waals surface area (Å²) in [7, 11) is 1.36. The van der Waals surface area contributed by atoms with Crippen LogP contribution in [0.25, 0.3) is 0 Å². The number of hydrogen-bond acceptors (Lipinski definition) is 4. The van der Waals surface area contributed by atoms with Crippen LogP contribution in [0.15, 0.2) is 23.1 Å². The molecule has 0 saturated heterocycles. The number of esters is 1. The number of thioether (sulfide) groups is 1. The first kappa shape index (κ1) is 9.92. The summed E-state index contributed by atoms with van der Waals surface area (Å²) in [5.74, 6) is -0.350. The molecule has 4 heteroatoms. The van der Waals surface area contributed by atoms with Gasteiger partial charge in [-0.15, -0.1) is 11.8 Å². The van der Waals surface area contributed by atoms with Crippen molar-refractivity contribution < 1.29 is 9.53 Å². The summed E-state index contributed by atoms with van der Waals surface area (Å²) >= 11 is 1.49. The zero-order valence-corrected chi connectivity index (χ0v) is 8.35. The van der Waals surface area contributed by atoms with Crippen molar-refractivity contribution in [3.63, 3.8) is 0 Å². The largest absolute Gasteiger partial charge is 0.465 e. The summed E-state index contributed by atoms with van der Waals surface area (Å²) in [5.41, 5.74) is 6.65. The SMILES string of the molecule is COC(=O)c1cc(N)ccc1SC. The highest BCUT2D eigenvalue weighted by atomic mass is 32.2. The van der Waals surface area contributed by atoms with Crippen LogP contribution in [-0.2, 0) is 4.74 Å². The van der Waals surface area contributed by atoms with Gasteiger partial charge in [0.05, 0.1) is 12.7 Å². The van der Waals surface area contributed by atoms with E-state index in [9.17, 15) is 4.79 Å². The minimum absolute atomic E-state index is 0.350. The van der Waals surface area contributed by atoms with Gasteiger partial charge in [-0.2, -0.15) is 0 Å². The topological polar surface area (TPSA) is 52.3 Å². The number of benzene rings is 1. The monoisotopic (exact) mass is 197 g/mol. The van der Waals surface area contributed by atoms with Crippen molar-refractivity contribution in [3.05, 3.63) is 23.8 Å². The van der Waals surface area contributed by atoms with Gasteiger partial charge in [0.2, 0.25) is 0 Å². The zero-order valence-electron chi connectivity index (χ0n) is 7.53. The van der Waals surface area contributed by atoms with Gasteiger partial charge >= 0.3 is 5.97 Å². The van der Waals surface area contributed by atoms with Crippen LogP contribution in [0.2, 0.25) is 0 Å². The van der Waals surface area contributed by atoms with E-state index in [1.54, 1.807) is 12.1 Å². The fourth-order valence-electron chi connectivity index (χ4n) is 0.995. The maximum atomic E-state index is 11.3. The van der Waals surface area contributed by atoms with Gasteiger partial charge in [-0.3, -0.25) is 0 Å². The Bertz CT molecular complexity index is 325. The molecule has 2 N–H and O–H groups in total. The van der Waals surface area contributed by atoms with E-state index in [-0.39, 0.29) is 5.97 Å². The van der Waals surface area contributed by atoms with Gasteiger partial charge in [-0.05, 0) is 24.5 Å². The fraction of sp³-hybridized carbons (Fsp3) is 0.222. The lowest BCUT2D eigenvalue weighted by Crippen LogP contribution is -2.03. The summed E-state index contributed by atoms with van der Waals surface area (Å²) < 4.78 is 4.63. The molecule has 0 aliphatic heterocycles. The first-order chi connectivity index (χ1) is 6.19. The van der Waals surface area contributed by atoms with Gasteiger partial charge in [-0.1, -0.05) is 0 Å². The number of carbonyl (C=O) groups is 1. The van der Waals surface area contributed by atoms with E-state index < -0.39 is 0 Å². The van der Waals surface area contributed by atoms with Crippen molar-refractivity contribution in [1.82, 2.24) is 0 Å². The maximum absolute atomic E-state index is 11.3. The summed E-state index contributed by atoms with van der Waals surface area (Å²) in [4.78, 5) is 12.1. The summed E-state index contributed by atoms with van der Waals surface area (Å²) in [6.45, 7) is 0. The Morgan fingerprint density at radius 1 is 1.54 bits per heavy atom. The molecule has 0 aliphatic carbocycles. The Labute approximate surface area is 81.3 Å². The molecule has 0 radical (unpaired) electrons. The first-order valence-corrected chi connectivity index (χ1v) is 4.93. The molecule has 0 aromatic heterocycles. The molecule has 0 fully saturated rings. The Balaban J connectivity index is 3.15. The third-order valence-corrected chi connectivity index (χ3v) is 2.42. The molecule has 1 aromatic carbocycles. The van der Waals surface area contributed by atoms with Crippen molar-refractivity contribution in [3.8, 4) is 0 Å². The molecule has 0 unspecified atom stereocenters. The molecule has 0 saturated carbocycles. The lowest BCUT2D eigenvalue weighted by Gasteiger charge is -2.05. The van der Waals surface area contributed by atoms with Gasteiger partial charge in [0.1, 0.15) is 0 Å². The molecule has 13 heavy (non-hydrogen) atoms. The third kappa shape index (κ3) is 2.15. The van der Waals surface area contributed by atoms with Crippen LogP contribution in [-0.4, -0.2) is 19.3 Å². The van der Waals surface area contributed by atoms with E-state index in [2.05, 4.69) is 4.74 Å². The van der Waals surface area contributed by atoms with Crippen LogP contribution in [0, 0.1) is 0 Å². The summed E-state index contributed by atoms with van der Waals surface area (Å²) in [6.07, 6.45) is 1.90. The van der Waals surface area contributed by atoms with E-state index in [1.807, 2.05) is 12.3 Å². The highest BCUT2D eigenvalue weighted by Gasteiger charge is 2.10. The standard InChI is InChI=1S/C9H11NO2S/c1-12-9(11)7-5-6(10)3-4-8(7)13-2/h3-5H,10H2,1-2H3. The number of carbonyl (C=O) groups excluding carboxylic acids is 1. The molecule has 0 bridgehead atoms. The van der Waals surface area contributed by atoms with E-state index in [0.29, 0.717) is 11.3 Å². The lowest BCUT2D eigenvalue weighted by atomic mass is 10.2. The lowest BCUT2D eigenvalue weighted by molar-refractivity contribution is 0.0597. The van der Waals surface area contributed by atoms with Crippen LogP contribution in [0.3, 0.4) is 0 Å². The predicted molar refractivity (Wildman–Crippen MR) is 54.0 cm³/mol. The highest BCUT2D eigenvalue weighted by molar-refractivity contribution is 7.98. The van der Waals surface area contributed by atoms with Crippen LogP contribution in [0.5, 0.6) is 0 Å². The molecule has 0 heterocycles. The summed E-state index contributed by atoms with van der Waals surface area (Å²) in [6, 6.07) is 5.20. The van der Waals surface area contributed by atoms with Gasteiger partial charge in [0.25, 0.3) is 0 Å².